The highest BCUT2D eigenvalue weighted by Gasteiger charge is 2.33. The van der Waals surface area contributed by atoms with E-state index in [0.717, 1.165) is 21.9 Å². The molecule has 10 heteroatoms. The van der Waals surface area contributed by atoms with Gasteiger partial charge in [0, 0.05) is 17.6 Å². The van der Waals surface area contributed by atoms with Gasteiger partial charge >= 0.3 is 0 Å². The third-order valence-corrected chi connectivity index (χ3v) is 8.93. The van der Waals surface area contributed by atoms with Crippen LogP contribution in [0.15, 0.2) is 77.7 Å². The molecule has 0 aliphatic carbocycles. The van der Waals surface area contributed by atoms with Gasteiger partial charge < -0.3 is 15.0 Å². The zero-order valence-electron chi connectivity index (χ0n) is 23.4. The number of nitrogens with one attached hydrogen (secondary N) is 1. The summed E-state index contributed by atoms with van der Waals surface area (Å²) in [5.41, 5.74) is 1.77. The van der Waals surface area contributed by atoms with E-state index in [2.05, 4.69) is 5.32 Å². The molecule has 0 bridgehead atoms. The maximum atomic E-state index is 14.0. The van der Waals surface area contributed by atoms with Gasteiger partial charge in [0.2, 0.25) is 11.8 Å². The van der Waals surface area contributed by atoms with E-state index in [1.807, 2.05) is 20.8 Å². The van der Waals surface area contributed by atoms with Crippen molar-refractivity contribution in [2.24, 2.45) is 0 Å². The number of aryl methyl sites for hydroxylation is 1. The van der Waals surface area contributed by atoms with E-state index in [4.69, 9.17) is 16.3 Å². The number of hydrogen-bond donors (Lipinski definition) is 1. The molecule has 0 fully saturated rings. The lowest BCUT2D eigenvalue weighted by atomic mass is 10.1. The second-order valence-corrected chi connectivity index (χ2v) is 11.9. The minimum atomic E-state index is -4.15. The van der Waals surface area contributed by atoms with Gasteiger partial charge in [-0.05, 0) is 74.7 Å². The fraction of sp³-hybridized carbons (Fsp3) is 0.333. The molecule has 0 saturated carbocycles. The van der Waals surface area contributed by atoms with E-state index >= 15 is 0 Å². The first-order chi connectivity index (χ1) is 19.0. The lowest BCUT2D eigenvalue weighted by molar-refractivity contribution is -0.139. The minimum absolute atomic E-state index is 0.0313. The zero-order valence-corrected chi connectivity index (χ0v) is 25.0. The fourth-order valence-electron chi connectivity index (χ4n) is 3.96. The number of halogens is 1. The molecule has 0 saturated heterocycles. The van der Waals surface area contributed by atoms with Crippen LogP contribution in [0.3, 0.4) is 0 Å². The molecule has 3 aromatic rings. The van der Waals surface area contributed by atoms with Crippen molar-refractivity contribution in [2.45, 2.75) is 57.6 Å². The molecule has 8 nitrogen and oxygen atoms in total. The van der Waals surface area contributed by atoms with E-state index in [9.17, 15) is 18.0 Å². The highest BCUT2D eigenvalue weighted by molar-refractivity contribution is 7.92. The van der Waals surface area contributed by atoms with E-state index in [0.29, 0.717) is 10.8 Å². The van der Waals surface area contributed by atoms with Crippen molar-refractivity contribution in [1.29, 1.82) is 0 Å². The van der Waals surface area contributed by atoms with Crippen molar-refractivity contribution in [3.05, 3.63) is 88.9 Å². The maximum Gasteiger partial charge on any atom is 0.264 e. The van der Waals surface area contributed by atoms with Crippen molar-refractivity contribution in [3.8, 4) is 5.75 Å². The van der Waals surface area contributed by atoms with Gasteiger partial charge in [-0.15, -0.1) is 0 Å². The molecule has 0 aromatic heterocycles. The number of ether oxygens (including phenoxy) is 1. The minimum Gasteiger partial charge on any atom is -0.497 e. The summed E-state index contributed by atoms with van der Waals surface area (Å²) in [6.45, 7) is 6.84. The lowest BCUT2D eigenvalue weighted by Crippen LogP contribution is -2.52. The molecular formula is C30H36ClN3O5S. The molecule has 1 N–H and O–H groups in total. The molecule has 0 aliphatic rings. The Bertz CT molecular complexity index is 1420. The zero-order chi connectivity index (χ0) is 29.4. The van der Waals surface area contributed by atoms with Crippen LogP contribution < -0.4 is 14.4 Å². The van der Waals surface area contributed by atoms with Crippen molar-refractivity contribution >= 4 is 39.1 Å². The summed E-state index contributed by atoms with van der Waals surface area (Å²) in [7, 11) is -2.59. The van der Waals surface area contributed by atoms with E-state index in [1.165, 1.54) is 23.1 Å². The summed E-state index contributed by atoms with van der Waals surface area (Å²) in [6, 6.07) is 18.9. The number of anilines is 1. The van der Waals surface area contributed by atoms with Crippen LogP contribution in [0, 0.1) is 6.92 Å². The van der Waals surface area contributed by atoms with Crippen LogP contribution in [0.1, 0.15) is 38.3 Å². The molecular weight excluding hydrogens is 550 g/mol. The third kappa shape index (κ3) is 7.55. The maximum absolute atomic E-state index is 14.0. The van der Waals surface area contributed by atoms with Crippen LogP contribution in [0.2, 0.25) is 5.02 Å². The average Bonchev–Trinajstić information content (AvgIpc) is 2.96. The number of sulfonamides is 1. The Morgan fingerprint density at radius 3 is 2.23 bits per heavy atom. The van der Waals surface area contributed by atoms with Gasteiger partial charge in [0.05, 0.1) is 17.7 Å². The van der Waals surface area contributed by atoms with Crippen molar-refractivity contribution in [2.75, 3.05) is 18.0 Å². The van der Waals surface area contributed by atoms with Crippen LogP contribution >= 0.6 is 11.6 Å². The summed E-state index contributed by atoms with van der Waals surface area (Å²) in [5.74, 6) is -0.216. The predicted octanol–water partition coefficient (Wildman–Crippen LogP) is 5.18. The summed E-state index contributed by atoms with van der Waals surface area (Å²) >= 11 is 6.36. The first kappa shape index (κ1) is 31.0. The number of carbonyl (C=O) groups is 2. The fourth-order valence-corrected chi connectivity index (χ4v) is 5.56. The summed E-state index contributed by atoms with van der Waals surface area (Å²) < 4.78 is 33.9. The monoisotopic (exact) mass is 585 g/mol. The molecule has 214 valence electrons. The lowest BCUT2D eigenvalue weighted by Gasteiger charge is -2.32. The van der Waals surface area contributed by atoms with Crippen LogP contribution in [-0.2, 0) is 26.2 Å². The molecule has 2 atom stereocenters. The third-order valence-electron chi connectivity index (χ3n) is 6.73. The van der Waals surface area contributed by atoms with Crippen LogP contribution in [0.5, 0.6) is 5.75 Å². The number of rotatable bonds is 12. The molecule has 0 spiro atoms. The van der Waals surface area contributed by atoms with Gasteiger partial charge in [-0.25, -0.2) is 8.42 Å². The molecule has 3 aromatic carbocycles. The number of amides is 2. The van der Waals surface area contributed by atoms with E-state index in [-0.39, 0.29) is 29.1 Å². The largest absolute Gasteiger partial charge is 0.497 e. The van der Waals surface area contributed by atoms with Gasteiger partial charge in [-0.3, -0.25) is 13.9 Å². The summed E-state index contributed by atoms with van der Waals surface area (Å²) in [5, 5.41) is 3.29. The first-order valence-electron chi connectivity index (χ1n) is 13.0. The molecule has 0 radical (unpaired) electrons. The normalized spacial score (nSPS) is 12.8. The average molecular weight is 586 g/mol. The SMILES string of the molecule is CC[C@@H](C)NC(=O)[C@@H](C)N(Cc1ccc(OC)cc1)C(=O)CN(c1ccc(C)c(Cl)c1)S(=O)(=O)c1ccccc1. The highest BCUT2D eigenvalue weighted by Crippen LogP contribution is 2.28. The smallest absolute Gasteiger partial charge is 0.264 e. The quantitative estimate of drug-likeness (QED) is 0.316. The highest BCUT2D eigenvalue weighted by atomic mass is 35.5. The van der Waals surface area contributed by atoms with Crippen molar-refractivity contribution in [3.63, 3.8) is 0 Å². The number of methoxy groups -OCH3 is 1. The summed E-state index contributed by atoms with van der Waals surface area (Å²) in [6.07, 6.45) is 0.724. The Kier molecular flexibility index (Phi) is 10.6. The molecule has 0 heterocycles. The van der Waals surface area contributed by atoms with Gasteiger partial charge in [-0.1, -0.05) is 54.9 Å². The molecule has 3 rings (SSSR count). The van der Waals surface area contributed by atoms with Gasteiger partial charge in [-0.2, -0.15) is 0 Å². The van der Waals surface area contributed by atoms with Gasteiger partial charge in [0.1, 0.15) is 18.3 Å². The molecule has 2 amide bonds. The number of hydrogen-bond acceptors (Lipinski definition) is 5. The Balaban J connectivity index is 2.03. The molecule has 0 aliphatic heterocycles. The Labute approximate surface area is 241 Å². The van der Waals surface area contributed by atoms with E-state index < -0.39 is 28.5 Å². The number of nitrogens with zero attached hydrogens (tertiary/aromatic N) is 2. The van der Waals surface area contributed by atoms with Crippen LogP contribution in [0.25, 0.3) is 0 Å². The van der Waals surface area contributed by atoms with Gasteiger partial charge in [0.25, 0.3) is 10.0 Å². The second-order valence-electron chi connectivity index (χ2n) is 9.62. The van der Waals surface area contributed by atoms with Crippen molar-refractivity contribution < 1.29 is 22.7 Å². The predicted molar refractivity (Wildman–Crippen MR) is 158 cm³/mol. The first-order valence-corrected chi connectivity index (χ1v) is 14.9. The molecule has 0 unspecified atom stereocenters. The second kappa shape index (κ2) is 13.7. The standard InChI is InChI=1S/C30H36ClN3O5S/c1-6-22(3)32-30(36)23(4)33(19-24-13-16-26(39-5)17-14-24)29(35)20-34(25-15-12-21(2)28(31)18-25)40(37,38)27-10-8-7-9-11-27/h7-18,22-23H,6,19-20H2,1-5H3,(H,32,36)/t22-,23-/m1/s1. The Morgan fingerprint density at radius 1 is 1.00 bits per heavy atom. The van der Waals surface area contributed by atoms with Crippen LogP contribution in [-0.4, -0.2) is 50.9 Å². The Hall–Kier alpha value is -3.56. The number of benzene rings is 3. The van der Waals surface area contributed by atoms with E-state index in [1.54, 1.807) is 68.6 Å². The Morgan fingerprint density at radius 2 is 1.65 bits per heavy atom. The molecule has 40 heavy (non-hydrogen) atoms. The van der Waals surface area contributed by atoms with Crippen LogP contribution in [0.4, 0.5) is 5.69 Å². The van der Waals surface area contributed by atoms with Gasteiger partial charge in [0.15, 0.2) is 0 Å². The number of carbonyl (C=O) groups excluding carboxylic acids is 2. The summed E-state index contributed by atoms with van der Waals surface area (Å²) in [4.78, 5) is 28.5. The van der Waals surface area contributed by atoms with Crippen molar-refractivity contribution in [1.82, 2.24) is 10.2 Å². The topological polar surface area (TPSA) is 96.0 Å².